The zero-order chi connectivity index (χ0) is 11.1. The average Bonchev–Trinajstić information content (AvgIpc) is 2.25. The third-order valence-electron chi connectivity index (χ3n) is 2.12. The standard InChI is InChI=1S/C11H18O2S2/c1-9-2-3-10(14-6-4-12)11(8-9)15-7-5-13/h8,12-13H,2-7H2,1H3. The maximum Gasteiger partial charge on any atom is 0.0525 e. The molecule has 4 heteroatoms. The van der Waals surface area contributed by atoms with Crippen molar-refractivity contribution < 1.29 is 10.2 Å². The van der Waals surface area contributed by atoms with Gasteiger partial charge in [-0.3, -0.25) is 0 Å². The van der Waals surface area contributed by atoms with Gasteiger partial charge in [-0.05, 0) is 30.7 Å². The Morgan fingerprint density at radius 1 is 1.13 bits per heavy atom. The Hall–Kier alpha value is 0.1000. The first-order chi connectivity index (χ1) is 7.27. The van der Waals surface area contributed by atoms with E-state index in [0.717, 1.165) is 24.3 Å². The molecule has 0 saturated carbocycles. The van der Waals surface area contributed by atoms with Crippen LogP contribution in [-0.2, 0) is 0 Å². The lowest BCUT2D eigenvalue weighted by Gasteiger charge is -2.17. The van der Waals surface area contributed by atoms with Crippen LogP contribution in [0.5, 0.6) is 0 Å². The zero-order valence-corrected chi connectivity index (χ0v) is 10.7. The number of aliphatic hydroxyl groups excluding tert-OH is 2. The molecule has 2 N–H and O–H groups in total. The van der Waals surface area contributed by atoms with Gasteiger partial charge in [0.15, 0.2) is 0 Å². The van der Waals surface area contributed by atoms with Crippen molar-refractivity contribution >= 4 is 23.5 Å². The summed E-state index contributed by atoms with van der Waals surface area (Å²) >= 11 is 3.45. The molecular formula is C11H18O2S2. The van der Waals surface area contributed by atoms with Gasteiger partial charge < -0.3 is 10.2 Å². The summed E-state index contributed by atoms with van der Waals surface area (Å²) in [4.78, 5) is 2.65. The van der Waals surface area contributed by atoms with Crippen LogP contribution in [0, 0.1) is 0 Å². The Bertz CT molecular complexity index is 259. The van der Waals surface area contributed by atoms with Crippen LogP contribution in [-0.4, -0.2) is 34.9 Å². The van der Waals surface area contributed by atoms with Crippen molar-refractivity contribution in [2.45, 2.75) is 19.8 Å². The van der Waals surface area contributed by atoms with Crippen molar-refractivity contribution in [3.8, 4) is 0 Å². The average molecular weight is 246 g/mol. The van der Waals surface area contributed by atoms with E-state index in [1.54, 1.807) is 23.5 Å². The number of hydrogen-bond donors (Lipinski definition) is 2. The second-order valence-corrected chi connectivity index (χ2v) is 5.75. The van der Waals surface area contributed by atoms with E-state index in [2.05, 4.69) is 13.0 Å². The topological polar surface area (TPSA) is 40.5 Å². The highest BCUT2D eigenvalue weighted by atomic mass is 32.2. The minimum atomic E-state index is 0.221. The van der Waals surface area contributed by atoms with Crippen molar-refractivity contribution in [3.63, 3.8) is 0 Å². The van der Waals surface area contributed by atoms with Gasteiger partial charge in [-0.25, -0.2) is 0 Å². The molecule has 1 aliphatic rings. The molecule has 0 fully saturated rings. The van der Waals surface area contributed by atoms with Gasteiger partial charge in [0.25, 0.3) is 0 Å². The summed E-state index contributed by atoms with van der Waals surface area (Å²) in [5, 5.41) is 17.6. The van der Waals surface area contributed by atoms with Gasteiger partial charge in [-0.1, -0.05) is 5.57 Å². The van der Waals surface area contributed by atoms with E-state index in [4.69, 9.17) is 10.2 Å². The predicted molar refractivity (Wildman–Crippen MR) is 69.1 cm³/mol. The van der Waals surface area contributed by atoms with E-state index < -0.39 is 0 Å². The van der Waals surface area contributed by atoms with Crippen LogP contribution in [0.3, 0.4) is 0 Å². The fourth-order valence-electron chi connectivity index (χ4n) is 1.40. The molecule has 86 valence electrons. The summed E-state index contributed by atoms with van der Waals surface area (Å²) in [7, 11) is 0. The summed E-state index contributed by atoms with van der Waals surface area (Å²) < 4.78 is 0. The third kappa shape index (κ3) is 4.64. The molecule has 0 aromatic carbocycles. The first-order valence-corrected chi connectivity index (χ1v) is 7.12. The normalized spacial score (nSPS) is 16.9. The van der Waals surface area contributed by atoms with Crippen LogP contribution >= 0.6 is 23.5 Å². The van der Waals surface area contributed by atoms with Crippen molar-refractivity contribution in [3.05, 3.63) is 21.5 Å². The maximum atomic E-state index is 8.81. The molecule has 0 radical (unpaired) electrons. The molecule has 0 unspecified atom stereocenters. The monoisotopic (exact) mass is 246 g/mol. The Kier molecular flexibility index (Phi) is 6.48. The van der Waals surface area contributed by atoms with E-state index in [9.17, 15) is 0 Å². The minimum Gasteiger partial charge on any atom is -0.396 e. The summed E-state index contributed by atoms with van der Waals surface area (Å²) in [5.41, 5.74) is 1.41. The lowest BCUT2D eigenvalue weighted by atomic mass is 10.1. The Labute approximate surface area is 99.8 Å². The second-order valence-electron chi connectivity index (χ2n) is 3.42. The van der Waals surface area contributed by atoms with Gasteiger partial charge in [-0.2, -0.15) is 0 Å². The van der Waals surface area contributed by atoms with Crippen molar-refractivity contribution in [1.29, 1.82) is 0 Å². The van der Waals surface area contributed by atoms with E-state index in [1.807, 2.05) is 0 Å². The van der Waals surface area contributed by atoms with Crippen LogP contribution in [0.1, 0.15) is 19.8 Å². The number of aliphatic hydroxyl groups is 2. The SMILES string of the molecule is CC1=CC(SCCO)=C(SCCO)CC1. The largest absolute Gasteiger partial charge is 0.396 e. The number of allylic oxidation sites excluding steroid dienone is 3. The molecule has 0 aromatic heterocycles. The highest BCUT2D eigenvalue weighted by Gasteiger charge is 2.11. The molecule has 1 rings (SSSR count). The predicted octanol–water partition coefficient (Wildman–Crippen LogP) is 2.39. The van der Waals surface area contributed by atoms with Crippen molar-refractivity contribution in [2.75, 3.05) is 24.7 Å². The summed E-state index contributed by atoms with van der Waals surface area (Å²) in [6.07, 6.45) is 4.42. The number of hydrogen-bond acceptors (Lipinski definition) is 4. The molecule has 0 aromatic rings. The van der Waals surface area contributed by atoms with Gasteiger partial charge in [0.05, 0.1) is 13.2 Å². The second kappa shape index (κ2) is 7.39. The van der Waals surface area contributed by atoms with Crippen LogP contribution < -0.4 is 0 Å². The molecule has 15 heavy (non-hydrogen) atoms. The quantitative estimate of drug-likeness (QED) is 0.755. The van der Waals surface area contributed by atoms with Gasteiger partial charge in [0.1, 0.15) is 0 Å². The zero-order valence-electron chi connectivity index (χ0n) is 9.03. The van der Waals surface area contributed by atoms with E-state index >= 15 is 0 Å². The highest BCUT2D eigenvalue weighted by Crippen LogP contribution is 2.37. The molecule has 0 heterocycles. The lowest BCUT2D eigenvalue weighted by molar-refractivity contribution is 0.322. The van der Waals surface area contributed by atoms with Gasteiger partial charge in [-0.15, -0.1) is 23.5 Å². The van der Waals surface area contributed by atoms with Gasteiger partial charge in [0, 0.05) is 16.4 Å². The molecule has 1 aliphatic carbocycles. The van der Waals surface area contributed by atoms with Crippen LogP contribution in [0.4, 0.5) is 0 Å². The van der Waals surface area contributed by atoms with E-state index in [-0.39, 0.29) is 13.2 Å². The molecular weight excluding hydrogens is 228 g/mol. The van der Waals surface area contributed by atoms with Crippen LogP contribution in [0.2, 0.25) is 0 Å². The minimum absolute atomic E-state index is 0.221. The molecule has 0 aliphatic heterocycles. The van der Waals surface area contributed by atoms with Crippen molar-refractivity contribution in [2.24, 2.45) is 0 Å². The Balaban J connectivity index is 2.63. The summed E-state index contributed by atoms with van der Waals surface area (Å²) in [6, 6.07) is 0. The Morgan fingerprint density at radius 2 is 1.80 bits per heavy atom. The third-order valence-corrected chi connectivity index (χ3v) is 4.47. The van der Waals surface area contributed by atoms with E-state index in [0.29, 0.717) is 0 Å². The fourth-order valence-corrected chi connectivity index (χ4v) is 3.40. The van der Waals surface area contributed by atoms with Gasteiger partial charge >= 0.3 is 0 Å². The Morgan fingerprint density at radius 3 is 2.47 bits per heavy atom. The maximum absolute atomic E-state index is 8.81. The first-order valence-electron chi connectivity index (χ1n) is 5.15. The van der Waals surface area contributed by atoms with Crippen LogP contribution in [0.15, 0.2) is 21.5 Å². The summed E-state index contributed by atoms with van der Waals surface area (Å²) in [5.74, 6) is 1.52. The highest BCUT2D eigenvalue weighted by molar-refractivity contribution is 8.06. The van der Waals surface area contributed by atoms with Crippen LogP contribution in [0.25, 0.3) is 0 Å². The first kappa shape index (κ1) is 13.2. The molecule has 0 saturated heterocycles. The molecule has 0 spiro atoms. The van der Waals surface area contributed by atoms with Crippen molar-refractivity contribution in [1.82, 2.24) is 0 Å². The summed E-state index contributed by atoms with van der Waals surface area (Å²) in [6.45, 7) is 2.60. The smallest absolute Gasteiger partial charge is 0.0525 e. The fraction of sp³-hybridized carbons (Fsp3) is 0.636. The molecule has 0 amide bonds. The lowest BCUT2D eigenvalue weighted by Crippen LogP contribution is -1.97. The van der Waals surface area contributed by atoms with Gasteiger partial charge in [0.2, 0.25) is 0 Å². The number of thioether (sulfide) groups is 2. The number of rotatable bonds is 6. The van der Waals surface area contributed by atoms with E-state index in [1.165, 1.54) is 15.4 Å². The molecule has 0 atom stereocenters. The molecule has 2 nitrogen and oxygen atoms in total. The molecule has 0 bridgehead atoms.